The van der Waals surface area contributed by atoms with Crippen molar-refractivity contribution in [3.63, 3.8) is 0 Å². The van der Waals surface area contributed by atoms with E-state index in [9.17, 15) is 9.59 Å². The number of halogens is 2. The van der Waals surface area contributed by atoms with E-state index in [-0.39, 0.29) is 11.8 Å². The van der Waals surface area contributed by atoms with Gasteiger partial charge in [-0.3, -0.25) is 9.59 Å². The van der Waals surface area contributed by atoms with E-state index in [1.54, 1.807) is 36.5 Å². The molecule has 1 aromatic carbocycles. The quantitative estimate of drug-likeness (QED) is 0.561. The van der Waals surface area contributed by atoms with E-state index in [4.69, 9.17) is 0 Å². The molecular weight excluding hydrogens is 376 g/mol. The van der Waals surface area contributed by atoms with Crippen molar-refractivity contribution < 1.29 is 9.59 Å². The molecule has 6 heteroatoms. The maximum absolute atomic E-state index is 12.3. The van der Waals surface area contributed by atoms with E-state index in [1.165, 1.54) is 0 Å². The van der Waals surface area contributed by atoms with Crippen LogP contribution in [0.4, 0.5) is 5.69 Å². The summed E-state index contributed by atoms with van der Waals surface area (Å²) in [5.74, 6) is -0.634. The van der Waals surface area contributed by atoms with Crippen molar-refractivity contribution in [3.8, 4) is 0 Å². The predicted octanol–water partition coefficient (Wildman–Crippen LogP) is 3.41. The number of nitrogens with zero attached hydrogens (tertiary/aromatic N) is 2. The van der Waals surface area contributed by atoms with Crippen LogP contribution in [-0.2, 0) is 0 Å². The Bertz CT molecular complexity index is 716. The van der Waals surface area contributed by atoms with E-state index in [0.29, 0.717) is 21.4 Å². The first-order valence-electron chi connectivity index (χ1n) is 5.38. The Morgan fingerprint density at radius 3 is 2.42 bits per heavy atom. The Kier molecular flexibility index (Phi) is 2.99. The van der Waals surface area contributed by atoms with Crippen LogP contribution in [0, 0.1) is 0 Å². The van der Waals surface area contributed by atoms with Gasteiger partial charge in [0.15, 0.2) is 0 Å². The molecule has 2 heterocycles. The number of hydrogen-bond acceptors (Lipinski definition) is 3. The van der Waals surface area contributed by atoms with Crippen LogP contribution in [-0.4, -0.2) is 16.8 Å². The molecular formula is C13H6Br2N2O2. The minimum atomic E-state index is -0.320. The molecule has 0 atom stereocenters. The highest BCUT2D eigenvalue weighted by Crippen LogP contribution is 2.30. The molecule has 19 heavy (non-hydrogen) atoms. The Morgan fingerprint density at radius 2 is 1.68 bits per heavy atom. The molecule has 2 amide bonds. The third-order valence-electron chi connectivity index (χ3n) is 2.82. The molecule has 1 aromatic heterocycles. The summed E-state index contributed by atoms with van der Waals surface area (Å²) in [4.78, 5) is 29.7. The number of anilines is 1. The number of hydrogen-bond donors (Lipinski definition) is 0. The summed E-state index contributed by atoms with van der Waals surface area (Å²) in [6.07, 6.45) is 1.54. The van der Waals surface area contributed by atoms with Gasteiger partial charge in [-0.2, -0.15) is 0 Å². The Hall–Kier alpha value is -1.53. The molecule has 0 radical (unpaired) electrons. The fraction of sp³-hybridized carbons (Fsp3) is 0. The summed E-state index contributed by atoms with van der Waals surface area (Å²) in [5, 5.41) is 0. The summed E-state index contributed by atoms with van der Waals surface area (Å²) in [5.41, 5.74) is 1.33. The van der Waals surface area contributed by atoms with Crippen molar-refractivity contribution in [2.75, 3.05) is 4.90 Å². The highest BCUT2D eigenvalue weighted by Gasteiger charge is 2.36. The summed E-state index contributed by atoms with van der Waals surface area (Å²) in [7, 11) is 0. The van der Waals surface area contributed by atoms with Crippen LogP contribution in [0.15, 0.2) is 45.6 Å². The lowest BCUT2D eigenvalue weighted by molar-refractivity contribution is 0.0926. The molecule has 0 saturated carbocycles. The monoisotopic (exact) mass is 380 g/mol. The van der Waals surface area contributed by atoms with Gasteiger partial charge in [-0.25, -0.2) is 9.88 Å². The first kappa shape index (κ1) is 12.5. The van der Waals surface area contributed by atoms with Crippen molar-refractivity contribution in [1.82, 2.24) is 4.98 Å². The number of benzene rings is 1. The largest absolute Gasteiger partial charge is 0.268 e. The average Bonchev–Trinajstić information content (AvgIpc) is 2.61. The molecule has 0 unspecified atom stereocenters. The first-order valence-corrected chi connectivity index (χ1v) is 6.96. The van der Waals surface area contributed by atoms with Crippen LogP contribution in [0.5, 0.6) is 0 Å². The summed E-state index contributed by atoms with van der Waals surface area (Å²) in [6, 6.07) is 8.32. The van der Waals surface area contributed by atoms with Crippen LogP contribution in [0.1, 0.15) is 20.7 Å². The van der Waals surface area contributed by atoms with Gasteiger partial charge in [0.05, 0.1) is 16.8 Å². The van der Waals surface area contributed by atoms with Gasteiger partial charge in [0, 0.05) is 10.7 Å². The number of carbonyl (C=O) groups is 2. The van der Waals surface area contributed by atoms with Gasteiger partial charge in [-0.15, -0.1) is 0 Å². The number of amides is 2. The summed E-state index contributed by atoms with van der Waals surface area (Å²) < 4.78 is 1.34. The molecule has 1 aliphatic heterocycles. The number of rotatable bonds is 1. The average molecular weight is 382 g/mol. The van der Waals surface area contributed by atoms with E-state index < -0.39 is 0 Å². The number of carbonyl (C=O) groups excluding carboxylic acids is 2. The zero-order valence-electron chi connectivity index (χ0n) is 9.43. The van der Waals surface area contributed by atoms with Crippen molar-refractivity contribution in [2.24, 2.45) is 0 Å². The van der Waals surface area contributed by atoms with Gasteiger partial charge in [0.2, 0.25) is 0 Å². The fourth-order valence-electron chi connectivity index (χ4n) is 1.98. The van der Waals surface area contributed by atoms with Crippen LogP contribution in [0.3, 0.4) is 0 Å². The molecule has 2 aromatic rings. The molecule has 4 nitrogen and oxygen atoms in total. The van der Waals surface area contributed by atoms with Gasteiger partial charge in [-0.1, -0.05) is 15.9 Å². The molecule has 0 N–H and O–H groups in total. The third-order valence-corrected chi connectivity index (χ3v) is 3.74. The zero-order chi connectivity index (χ0) is 13.6. The van der Waals surface area contributed by atoms with E-state index >= 15 is 0 Å². The molecule has 0 fully saturated rings. The Morgan fingerprint density at radius 1 is 0.947 bits per heavy atom. The topological polar surface area (TPSA) is 50.3 Å². The van der Waals surface area contributed by atoms with Gasteiger partial charge in [-0.05, 0) is 46.3 Å². The maximum Gasteiger partial charge on any atom is 0.266 e. The second-order valence-electron chi connectivity index (χ2n) is 3.97. The Labute approximate surface area is 125 Å². The van der Waals surface area contributed by atoms with Gasteiger partial charge in [0.1, 0.15) is 4.60 Å². The van der Waals surface area contributed by atoms with Crippen molar-refractivity contribution in [2.45, 2.75) is 0 Å². The van der Waals surface area contributed by atoms with E-state index in [0.717, 1.165) is 9.37 Å². The third kappa shape index (κ3) is 2.01. The second-order valence-corrected chi connectivity index (χ2v) is 5.70. The first-order chi connectivity index (χ1) is 9.08. The lowest BCUT2D eigenvalue weighted by Crippen LogP contribution is -2.29. The molecule has 94 valence electrons. The minimum absolute atomic E-state index is 0.314. The zero-order valence-corrected chi connectivity index (χ0v) is 12.6. The summed E-state index contributed by atoms with van der Waals surface area (Å²) >= 11 is 6.53. The van der Waals surface area contributed by atoms with E-state index in [2.05, 4.69) is 36.8 Å². The van der Waals surface area contributed by atoms with Crippen molar-refractivity contribution >= 4 is 49.4 Å². The van der Waals surface area contributed by atoms with E-state index in [1.807, 2.05) is 0 Å². The SMILES string of the molecule is O=C1c2ccc(Br)cc2C(=O)N1c1ccnc(Br)c1. The van der Waals surface area contributed by atoms with Crippen LogP contribution >= 0.6 is 31.9 Å². The van der Waals surface area contributed by atoms with Gasteiger partial charge >= 0.3 is 0 Å². The molecule has 0 spiro atoms. The Balaban J connectivity index is 2.13. The maximum atomic E-state index is 12.3. The van der Waals surface area contributed by atoms with Gasteiger partial charge in [0.25, 0.3) is 11.8 Å². The number of imide groups is 1. The minimum Gasteiger partial charge on any atom is -0.268 e. The smallest absolute Gasteiger partial charge is 0.266 e. The highest BCUT2D eigenvalue weighted by atomic mass is 79.9. The number of fused-ring (bicyclic) bond motifs is 1. The predicted molar refractivity (Wildman–Crippen MR) is 77.2 cm³/mol. The molecule has 0 aliphatic carbocycles. The van der Waals surface area contributed by atoms with Crippen LogP contribution < -0.4 is 4.90 Å². The van der Waals surface area contributed by atoms with Crippen molar-refractivity contribution in [1.29, 1.82) is 0 Å². The number of aromatic nitrogens is 1. The highest BCUT2D eigenvalue weighted by molar-refractivity contribution is 9.10. The molecule has 1 aliphatic rings. The molecule has 3 rings (SSSR count). The number of pyridine rings is 1. The van der Waals surface area contributed by atoms with Crippen LogP contribution in [0.25, 0.3) is 0 Å². The molecule has 0 saturated heterocycles. The van der Waals surface area contributed by atoms with Crippen LogP contribution in [0.2, 0.25) is 0 Å². The normalized spacial score (nSPS) is 13.9. The molecule has 0 bridgehead atoms. The standard InChI is InChI=1S/C13H6Br2N2O2/c14-7-1-2-9-10(5-7)13(19)17(12(9)18)8-3-4-16-11(15)6-8/h1-6H. The lowest BCUT2D eigenvalue weighted by Gasteiger charge is -2.13. The fourth-order valence-corrected chi connectivity index (χ4v) is 2.69. The summed E-state index contributed by atoms with van der Waals surface area (Å²) in [6.45, 7) is 0. The second kappa shape index (κ2) is 4.54. The van der Waals surface area contributed by atoms with Crippen molar-refractivity contribution in [3.05, 3.63) is 56.7 Å². The van der Waals surface area contributed by atoms with Gasteiger partial charge < -0.3 is 0 Å². The lowest BCUT2D eigenvalue weighted by atomic mass is 10.1.